The Hall–Kier alpha value is -2.08. The topological polar surface area (TPSA) is 99.6 Å². The summed E-state index contributed by atoms with van der Waals surface area (Å²) in [5.74, 6) is 0.561. The molecule has 132 valence electrons. The number of anilines is 1. The molecule has 1 aliphatic heterocycles. The van der Waals surface area contributed by atoms with Crippen molar-refractivity contribution in [2.24, 2.45) is 5.92 Å². The molecule has 1 heterocycles. The van der Waals surface area contributed by atoms with Crippen LogP contribution in [0.4, 0.5) is 5.69 Å². The second kappa shape index (κ2) is 7.21. The number of nitrogens with two attached hydrogens (primary N) is 1. The molecule has 0 saturated carbocycles. The fourth-order valence-corrected chi connectivity index (χ4v) is 3.05. The Morgan fingerprint density at radius 3 is 2.83 bits per heavy atom. The summed E-state index contributed by atoms with van der Waals surface area (Å²) in [6, 6.07) is 5.37. The number of amides is 1. The van der Waals surface area contributed by atoms with Crippen LogP contribution in [0.2, 0.25) is 0 Å². The smallest absolute Gasteiger partial charge is 0.253 e. The first kappa shape index (κ1) is 18.3. The molecule has 0 spiro atoms. The van der Waals surface area contributed by atoms with E-state index in [1.54, 1.807) is 17.9 Å². The highest BCUT2D eigenvalue weighted by Gasteiger charge is 2.32. The summed E-state index contributed by atoms with van der Waals surface area (Å²) in [4.78, 5) is 13.9. The van der Waals surface area contributed by atoms with E-state index < -0.39 is 5.60 Å². The molecule has 1 amide bonds. The van der Waals surface area contributed by atoms with Gasteiger partial charge in [0, 0.05) is 30.4 Å². The molecule has 1 unspecified atom stereocenters. The first-order valence-electron chi connectivity index (χ1n) is 8.28. The van der Waals surface area contributed by atoms with Gasteiger partial charge < -0.3 is 25.9 Å². The first-order chi connectivity index (χ1) is 11.2. The highest BCUT2D eigenvalue weighted by Crippen LogP contribution is 2.27. The number of rotatable bonds is 5. The molecule has 1 atom stereocenters. The summed E-state index contributed by atoms with van der Waals surface area (Å²) in [7, 11) is 0. The van der Waals surface area contributed by atoms with Crippen molar-refractivity contribution in [2.75, 3.05) is 25.4 Å². The van der Waals surface area contributed by atoms with Gasteiger partial charge in [-0.2, -0.15) is 0 Å². The molecule has 24 heavy (non-hydrogen) atoms. The molecule has 1 aromatic carbocycles. The van der Waals surface area contributed by atoms with Crippen LogP contribution in [-0.4, -0.2) is 46.9 Å². The maximum atomic E-state index is 12.2. The lowest BCUT2D eigenvalue weighted by Crippen LogP contribution is -2.49. The number of carbonyl (C=O) groups is 1. The molecule has 1 aliphatic rings. The zero-order chi connectivity index (χ0) is 17.9. The third-order valence-electron chi connectivity index (χ3n) is 4.24. The van der Waals surface area contributed by atoms with E-state index in [0.717, 1.165) is 12.8 Å². The Morgan fingerprint density at radius 2 is 2.21 bits per heavy atom. The number of piperidine rings is 1. The van der Waals surface area contributed by atoms with E-state index in [4.69, 9.17) is 15.9 Å². The molecule has 1 fully saturated rings. The Morgan fingerprint density at radius 1 is 1.50 bits per heavy atom. The van der Waals surface area contributed by atoms with Crippen molar-refractivity contribution in [3.8, 4) is 5.75 Å². The summed E-state index contributed by atoms with van der Waals surface area (Å²) in [5.41, 5.74) is 6.11. The summed E-state index contributed by atoms with van der Waals surface area (Å²) in [5, 5.41) is 17.8. The van der Waals surface area contributed by atoms with Crippen LogP contribution in [0.1, 0.15) is 39.2 Å². The van der Waals surface area contributed by atoms with Gasteiger partial charge >= 0.3 is 0 Å². The number of carbonyl (C=O) groups excluding carboxylic acids is 1. The third-order valence-corrected chi connectivity index (χ3v) is 4.24. The number of aliphatic hydroxyl groups is 1. The average molecular weight is 333 g/mol. The van der Waals surface area contributed by atoms with Crippen molar-refractivity contribution in [2.45, 2.75) is 39.2 Å². The van der Waals surface area contributed by atoms with Crippen molar-refractivity contribution in [3.05, 3.63) is 23.8 Å². The van der Waals surface area contributed by atoms with Crippen LogP contribution in [-0.2, 0) is 4.79 Å². The molecular formula is C18H27N3O3. The third kappa shape index (κ3) is 4.26. The first-order valence-corrected chi connectivity index (χ1v) is 8.28. The number of nitrogens with zero attached hydrogens (tertiary/aromatic N) is 1. The Balaban J connectivity index is 2.01. The normalized spacial score (nSPS) is 18.3. The van der Waals surface area contributed by atoms with E-state index in [1.807, 2.05) is 12.1 Å². The summed E-state index contributed by atoms with van der Waals surface area (Å²) in [6.45, 7) is 6.41. The van der Waals surface area contributed by atoms with E-state index in [-0.39, 0.29) is 11.8 Å². The molecule has 6 heteroatoms. The Kier molecular flexibility index (Phi) is 5.49. The second-order valence-corrected chi connectivity index (χ2v) is 6.97. The fourth-order valence-electron chi connectivity index (χ4n) is 3.05. The lowest BCUT2D eigenvalue weighted by atomic mass is 9.97. The molecule has 4 N–H and O–H groups in total. The van der Waals surface area contributed by atoms with Gasteiger partial charge in [-0.15, -0.1) is 0 Å². The van der Waals surface area contributed by atoms with E-state index in [9.17, 15) is 9.90 Å². The van der Waals surface area contributed by atoms with Gasteiger partial charge in [-0.25, -0.2) is 0 Å². The van der Waals surface area contributed by atoms with Gasteiger partial charge in [0.2, 0.25) is 0 Å². The average Bonchev–Trinajstić information content (AvgIpc) is 2.51. The SMILES string of the molecule is CC(=N)c1c(N)cccc1OCC1CCCN(C(=O)C(C)(C)O)C1. The van der Waals surface area contributed by atoms with E-state index in [0.29, 0.717) is 42.4 Å². The summed E-state index contributed by atoms with van der Waals surface area (Å²) >= 11 is 0. The van der Waals surface area contributed by atoms with Crippen LogP contribution in [0.15, 0.2) is 18.2 Å². The minimum Gasteiger partial charge on any atom is -0.492 e. The quantitative estimate of drug-likeness (QED) is 0.567. The van der Waals surface area contributed by atoms with E-state index in [1.165, 1.54) is 13.8 Å². The fraction of sp³-hybridized carbons (Fsp3) is 0.556. The number of nitrogen functional groups attached to an aromatic ring is 1. The van der Waals surface area contributed by atoms with Gasteiger partial charge in [0.05, 0.1) is 12.2 Å². The number of hydrogen-bond donors (Lipinski definition) is 3. The van der Waals surface area contributed by atoms with Gasteiger partial charge in [-0.05, 0) is 45.7 Å². The van der Waals surface area contributed by atoms with Crippen LogP contribution in [0.25, 0.3) is 0 Å². The molecule has 1 saturated heterocycles. The predicted octanol–water partition coefficient (Wildman–Crippen LogP) is 2.04. The van der Waals surface area contributed by atoms with Crippen molar-refractivity contribution in [1.29, 1.82) is 5.41 Å². The molecule has 1 aromatic rings. The van der Waals surface area contributed by atoms with Crippen molar-refractivity contribution < 1.29 is 14.6 Å². The largest absolute Gasteiger partial charge is 0.492 e. The number of hydrogen-bond acceptors (Lipinski definition) is 5. The highest BCUT2D eigenvalue weighted by atomic mass is 16.5. The predicted molar refractivity (Wildman–Crippen MR) is 94.5 cm³/mol. The zero-order valence-electron chi connectivity index (χ0n) is 14.6. The van der Waals surface area contributed by atoms with Gasteiger partial charge in [0.1, 0.15) is 11.4 Å². The van der Waals surface area contributed by atoms with Gasteiger partial charge in [0.15, 0.2) is 0 Å². The number of nitrogens with one attached hydrogen (secondary N) is 1. The second-order valence-electron chi connectivity index (χ2n) is 6.97. The van der Waals surface area contributed by atoms with Crippen LogP contribution in [0.3, 0.4) is 0 Å². The van der Waals surface area contributed by atoms with E-state index in [2.05, 4.69) is 0 Å². The number of likely N-dealkylation sites (tertiary alicyclic amines) is 1. The standard InChI is InChI=1S/C18H27N3O3/c1-12(19)16-14(20)7-4-8-15(16)24-11-13-6-5-9-21(10-13)17(22)18(2,3)23/h4,7-8,13,19,23H,5-6,9-11,20H2,1-3H3. The molecule has 2 rings (SSSR count). The van der Waals surface area contributed by atoms with Crippen LogP contribution < -0.4 is 10.5 Å². The van der Waals surface area contributed by atoms with Crippen molar-refractivity contribution >= 4 is 17.3 Å². The molecule has 0 aliphatic carbocycles. The van der Waals surface area contributed by atoms with Crippen LogP contribution >= 0.6 is 0 Å². The molecule has 0 bridgehead atoms. The lowest BCUT2D eigenvalue weighted by Gasteiger charge is -2.35. The Labute approximate surface area is 143 Å². The van der Waals surface area contributed by atoms with Gasteiger partial charge in [-0.1, -0.05) is 6.07 Å². The van der Waals surface area contributed by atoms with E-state index >= 15 is 0 Å². The monoisotopic (exact) mass is 333 g/mol. The maximum Gasteiger partial charge on any atom is 0.253 e. The zero-order valence-corrected chi connectivity index (χ0v) is 14.6. The van der Waals surface area contributed by atoms with Crippen LogP contribution in [0, 0.1) is 11.3 Å². The number of benzene rings is 1. The molecule has 0 aromatic heterocycles. The minimum atomic E-state index is -1.35. The molecular weight excluding hydrogens is 306 g/mol. The number of ether oxygens (including phenoxy) is 1. The van der Waals surface area contributed by atoms with Crippen molar-refractivity contribution in [3.63, 3.8) is 0 Å². The maximum absolute atomic E-state index is 12.2. The minimum absolute atomic E-state index is 0.199. The molecule has 0 radical (unpaired) electrons. The lowest BCUT2D eigenvalue weighted by molar-refractivity contribution is -0.149. The Bertz CT molecular complexity index is 622. The highest BCUT2D eigenvalue weighted by molar-refractivity contribution is 6.03. The summed E-state index contributed by atoms with van der Waals surface area (Å²) in [6.07, 6.45) is 1.86. The van der Waals surface area contributed by atoms with Crippen molar-refractivity contribution in [1.82, 2.24) is 4.90 Å². The van der Waals surface area contributed by atoms with Gasteiger partial charge in [0.25, 0.3) is 5.91 Å². The molecule has 6 nitrogen and oxygen atoms in total. The van der Waals surface area contributed by atoms with Gasteiger partial charge in [-0.3, -0.25) is 4.79 Å². The summed E-state index contributed by atoms with van der Waals surface area (Å²) < 4.78 is 5.91. The van der Waals surface area contributed by atoms with Crippen LogP contribution in [0.5, 0.6) is 5.75 Å².